The fraction of sp³-hybridized carbons (Fsp3) is 0.455. The number of amides is 1. The Hall–Kier alpha value is -2.40. The molecule has 2 aliphatic rings. The van der Waals surface area contributed by atoms with E-state index in [4.69, 9.17) is 4.74 Å². The second kappa shape index (κ2) is 7.31. The Morgan fingerprint density at radius 2 is 2.04 bits per heavy atom. The van der Waals surface area contributed by atoms with Crippen LogP contribution in [0.15, 0.2) is 30.5 Å². The lowest BCUT2D eigenvalue weighted by atomic mass is 9.90. The molecule has 2 heterocycles. The second-order valence-electron chi connectivity index (χ2n) is 7.73. The minimum absolute atomic E-state index is 0.0366. The first-order valence-corrected chi connectivity index (χ1v) is 9.70. The van der Waals surface area contributed by atoms with E-state index in [0.717, 1.165) is 54.5 Å². The van der Waals surface area contributed by atoms with Gasteiger partial charge < -0.3 is 9.84 Å². The average molecular weight is 366 g/mol. The quantitative estimate of drug-likeness (QED) is 0.904. The van der Waals surface area contributed by atoms with Crippen LogP contribution < -0.4 is 4.74 Å². The molecule has 2 aromatic rings. The van der Waals surface area contributed by atoms with E-state index in [1.165, 1.54) is 0 Å². The molecule has 27 heavy (non-hydrogen) atoms. The van der Waals surface area contributed by atoms with Gasteiger partial charge in [0.05, 0.1) is 17.7 Å². The van der Waals surface area contributed by atoms with Gasteiger partial charge in [-0.25, -0.2) is 0 Å². The van der Waals surface area contributed by atoms with E-state index >= 15 is 0 Å². The number of rotatable bonds is 3. The van der Waals surface area contributed by atoms with Crippen LogP contribution in [0.5, 0.6) is 5.75 Å². The molecule has 1 fully saturated rings. The Labute approximate surface area is 160 Å². The molecule has 0 saturated heterocycles. The number of aliphatic hydroxyl groups is 1. The molecule has 4 rings (SSSR count). The molecule has 1 aliphatic carbocycles. The molecule has 1 aromatic carbocycles. The second-order valence-corrected chi connectivity index (χ2v) is 7.73. The summed E-state index contributed by atoms with van der Waals surface area (Å²) < 4.78 is 5.89. The van der Waals surface area contributed by atoms with Crippen molar-refractivity contribution in [1.82, 2.24) is 9.88 Å². The number of carbonyl (C=O) groups excluding carboxylic acids is 1. The largest absolute Gasteiger partial charge is 0.472 e. The van der Waals surface area contributed by atoms with Crippen LogP contribution in [-0.2, 0) is 6.42 Å². The van der Waals surface area contributed by atoms with Crippen molar-refractivity contribution in [3.63, 3.8) is 0 Å². The van der Waals surface area contributed by atoms with Crippen molar-refractivity contribution >= 4 is 5.91 Å². The molecule has 1 aromatic heterocycles. The predicted octanol–water partition coefficient (Wildman–Crippen LogP) is 3.38. The van der Waals surface area contributed by atoms with Gasteiger partial charge in [0.25, 0.3) is 5.91 Å². The zero-order valence-corrected chi connectivity index (χ0v) is 15.9. The van der Waals surface area contributed by atoms with E-state index in [-0.39, 0.29) is 18.7 Å². The van der Waals surface area contributed by atoms with Gasteiger partial charge in [-0.2, -0.15) is 0 Å². The summed E-state index contributed by atoms with van der Waals surface area (Å²) in [6.07, 6.45) is 5.79. The van der Waals surface area contributed by atoms with Crippen molar-refractivity contribution in [1.29, 1.82) is 0 Å². The zero-order chi connectivity index (χ0) is 19.0. The third kappa shape index (κ3) is 3.56. The molecule has 2 unspecified atom stereocenters. The summed E-state index contributed by atoms with van der Waals surface area (Å²) >= 11 is 0. The first kappa shape index (κ1) is 18.0. The average Bonchev–Trinajstić information content (AvgIpc) is 2.66. The van der Waals surface area contributed by atoms with Gasteiger partial charge in [0.1, 0.15) is 5.75 Å². The molecule has 1 aliphatic heterocycles. The summed E-state index contributed by atoms with van der Waals surface area (Å²) in [6, 6.07) is 7.84. The fourth-order valence-corrected chi connectivity index (χ4v) is 4.08. The minimum atomic E-state index is -0.462. The number of benzene rings is 1. The van der Waals surface area contributed by atoms with Crippen molar-refractivity contribution in [2.75, 3.05) is 6.73 Å². The highest BCUT2D eigenvalue weighted by Crippen LogP contribution is 2.33. The molecule has 142 valence electrons. The number of hydrogen-bond acceptors (Lipinski definition) is 4. The van der Waals surface area contributed by atoms with Crippen LogP contribution in [0.4, 0.5) is 0 Å². The summed E-state index contributed by atoms with van der Waals surface area (Å²) in [7, 11) is 0. The van der Waals surface area contributed by atoms with Gasteiger partial charge in [0.2, 0.25) is 0 Å². The molecule has 2 atom stereocenters. The number of ether oxygens (including phenoxy) is 1. The van der Waals surface area contributed by atoms with Gasteiger partial charge in [-0.05, 0) is 68.0 Å². The van der Waals surface area contributed by atoms with E-state index in [9.17, 15) is 9.90 Å². The van der Waals surface area contributed by atoms with Crippen molar-refractivity contribution in [3.05, 3.63) is 58.4 Å². The predicted molar refractivity (Wildman–Crippen MR) is 103 cm³/mol. The summed E-state index contributed by atoms with van der Waals surface area (Å²) in [5, 5.41) is 10.3. The van der Waals surface area contributed by atoms with E-state index in [0.29, 0.717) is 11.3 Å². The van der Waals surface area contributed by atoms with Gasteiger partial charge in [-0.1, -0.05) is 18.9 Å². The van der Waals surface area contributed by atoms with Crippen molar-refractivity contribution in [2.24, 2.45) is 0 Å². The SMILES string of the molecule is Cc1ccc(Cc2cc3c(cc2C)OCN(C2CCCCC2O)C3=O)cn1. The molecule has 5 heteroatoms. The van der Waals surface area contributed by atoms with Crippen LogP contribution in [-0.4, -0.2) is 39.8 Å². The molecule has 1 saturated carbocycles. The van der Waals surface area contributed by atoms with Crippen molar-refractivity contribution in [2.45, 2.75) is 58.1 Å². The standard InChI is InChI=1S/C22H26N2O3/c1-14-9-21-18(11-17(14)10-16-8-7-15(2)23-12-16)22(26)24(13-27-21)19-5-3-4-6-20(19)25/h7-9,11-12,19-20,25H,3-6,10,13H2,1-2H3. The number of fused-ring (bicyclic) bond motifs is 1. The van der Waals surface area contributed by atoms with Crippen LogP contribution >= 0.6 is 0 Å². The van der Waals surface area contributed by atoms with E-state index < -0.39 is 6.10 Å². The maximum Gasteiger partial charge on any atom is 0.260 e. The van der Waals surface area contributed by atoms with Crippen molar-refractivity contribution in [3.8, 4) is 5.75 Å². The summed E-state index contributed by atoms with van der Waals surface area (Å²) in [4.78, 5) is 19.2. The molecular formula is C22H26N2O3. The Morgan fingerprint density at radius 3 is 2.78 bits per heavy atom. The number of aromatic nitrogens is 1. The Bertz CT molecular complexity index is 847. The van der Waals surface area contributed by atoms with Crippen LogP contribution in [0.25, 0.3) is 0 Å². The van der Waals surface area contributed by atoms with Crippen LogP contribution in [0, 0.1) is 13.8 Å². The highest BCUT2D eigenvalue weighted by molar-refractivity contribution is 5.98. The topological polar surface area (TPSA) is 62.7 Å². The minimum Gasteiger partial charge on any atom is -0.472 e. The van der Waals surface area contributed by atoms with Gasteiger partial charge in [-0.15, -0.1) is 0 Å². The summed E-state index contributed by atoms with van der Waals surface area (Å²) in [5.74, 6) is 0.607. The maximum atomic E-state index is 13.1. The van der Waals surface area contributed by atoms with E-state index in [2.05, 4.69) is 11.1 Å². The van der Waals surface area contributed by atoms with Crippen LogP contribution in [0.2, 0.25) is 0 Å². The molecule has 0 spiro atoms. The van der Waals surface area contributed by atoms with Gasteiger partial charge in [-0.3, -0.25) is 14.7 Å². The number of aryl methyl sites for hydroxylation is 2. The van der Waals surface area contributed by atoms with Gasteiger partial charge >= 0.3 is 0 Å². The number of pyridine rings is 1. The smallest absolute Gasteiger partial charge is 0.260 e. The molecule has 1 amide bonds. The highest BCUT2D eigenvalue weighted by Gasteiger charge is 2.36. The molecule has 5 nitrogen and oxygen atoms in total. The van der Waals surface area contributed by atoms with E-state index in [1.807, 2.05) is 38.2 Å². The van der Waals surface area contributed by atoms with Gasteiger partial charge in [0.15, 0.2) is 6.73 Å². The van der Waals surface area contributed by atoms with E-state index in [1.54, 1.807) is 4.90 Å². The monoisotopic (exact) mass is 366 g/mol. The lowest BCUT2D eigenvalue weighted by molar-refractivity contribution is -0.0124. The van der Waals surface area contributed by atoms with Gasteiger partial charge in [0, 0.05) is 11.9 Å². The summed E-state index contributed by atoms with van der Waals surface area (Å²) in [6.45, 7) is 4.23. The van der Waals surface area contributed by atoms with Crippen molar-refractivity contribution < 1.29 is 14.6 Å². The Morgan fingerprint density at radius 1 is 1.22 bits per heavy atom. The lowest BCUT2D eigenvalue weighted by Gasteiger charge is -2.39. The molecule has 1 N–H and O–H groups in total. The molecular weight excluding hydrogens is 340 g/mol. The van der Waals surface area contributed by atoms with Crippen LogP contribution in [0.1, 0.15) is 58.4 Å². The molecule has 0 bridgehead atoms. The third-order valence-electron chi connectivity index (χ3n) is 5.75. The molecule has 0 radical (unpaired) electrons. The number of aliphatic hydroxyl groups excluding tert-OH is 1. The number of hydrogen-bond donors (Lipinski definition) is 1. The lowest BCUT2D eigenvalue weighted by Crippen LogP contribution is -2.51. The highest BCUT2D eigenvalue weighted by atomic mass is 16.5. The first-order valence-electron chi connectivity index (χ1n) is 9.70. The van der Waals surface area contributed by atoms with Crippen LogP contribution in [0.3, 0.4) is 0 Å². The first-order chi connectivity index (χ1) is 13.0. The number of nitrogens with zero attached hydrogens (tertiary/aromatic N) is 2. The maximum absolute atomic E-state index is 13.1. The normalized spacial score (nSPS) is 22.3. The third-order valence-corrected chi connectivity index (χ3v) is 5.75. The Balaban J connectivity index is 1.61. The summed E-state index contributed by atoms with van der Waals surface area (Å²) in [5.41, 5.74) is 4.91. The zero-order valence-electron chi connectivity index (χ0n) is 15.9. The fourth-order valence-electron chi connectivity index (χ4n) is 4.08. The Kier molecular flexibility index (Phi) is 4.87. The number of carbonyl (C=O) groups is 1.